The van der Waals surface area contributed by atoms with Gasteiger partial charge in [0.2, 0.25) is 0 Å². The molecule has 132 valence electrons. The monoisotopic (exact) mass is 369 g/mol. The summed E-state index contributed by atoms with van der Waals surface area (Å²) in [5, 5.41) is 0.510. The fourth-order valence-electron chi connectivity index (χ4n) is 3.11. The van der Waals surface area contributed by atoms with Crippen molar-refractivity contribution in [2.24, 2.45) is 0 Å². The summed E-state index contributed by atoms with van der Waals surface area (Å²) in [4.78, 5) is 21.3. The fraction of sp³-hybridized carbons (Fsp3) is 0.647. The molecule has 0 aliphatic carbocycles. The van der Waals surface area contributed by atoms with Crippen LogP contribution in [0.15, 0.2) is 12.1 Å². The number of thioether (sulfide) groups is 1. The second kappa shape index (κ2) is 7.10. The third-order valence-electron chi connectivity index (χ3n) is 4.19. The normalized spacial score (nSPS) is 22.2. The maximum absolute atomic E-state index is 12.6. The Bertz CT molecular complexity index is 614. The molecule has 3 rings (SSSR count). The van der Waals surface area contributed by atoms with Crippen LogP contribution in [0.25, 0.3) is 0 Å². The second-order valence-corrected chi connectivity index (χ2v) is 8.82. The number of amides is 1. The molecule has 5 nitrogen and oxygen atoms in total. The third kappa shape index (κ3) is 4.16. The summed E-state index contributed by atoms with van der Waals surface area (Å²) < 4.78 is 5.57. The summed E-state index contributed by atoms with van der Waals surface area (Å²) in [5.41, 5.74) is 1.57. The number of carbonyl (C=O) groups excluding carboxylic acids is 1. The van der Waals surface area contributed by atoms with E-state index in [0.29, 0.717) is 18.2 Å². The molecule has 1 aromatic heterocycles. The number of carbonyl (C=O) groups is 1. The van der Waals surface area contributed by atoms with Gasteiger partial charge in [-0.1, -0.05) is 17.7 Å². The number of rotatable bonds is 1. The van der Waals surface area contributed by atoms with E-state index in [1.54, 1.807) is 11.0 Å². The van der Waals surface area contributed by atoms with Gasteiger partial charge in [-0.25, -0.2) is 9.78 Å². The van der Waals surface area contributed by atoms with E-state index in [4.69, 9.17) is 16.3 Å². The molecule has 1 fully saturated rings. The molecule has 2 aliphatic rings. The zero-order valence-electron chi connectivity index (χ0n) is 14.4. The Hall–Kier alpha value is -0.980. The first-order valence-corrected chi connectivity index (χ1v) is 9.82. The lowest BCUT2D eigenvalue weighted by molar-refractivity contribution is 0.0135. The van der Waals surface area contributed by atoms with Crippen molar-refractivity contribution in [2.45, 2.75) is 39.0 Å². The number of hydrogen-bond donors (Lipinski definition) is 0. The molecule has 0 radical (unpaired) electrons. The highest BCUT2D eigenvalue weighted by molar-refractivity contribution is 7.99. The summed E-state index contributed by atoms with van der Waals surface area (Å²) in [6.45, 7) is 8.81. The summed E-state index contributed by atoms with van der Waals surface area (Å²) in [7, 11) is 0. The first kappa shape index (κ1) is 17.8. The second-order valence-electron chi connectivity index (χ2n) is 7.20. The number of nitrogens with zero attached hydrogens (tertiary/aromatic N) is 3. The smallest absolute Gasteiger partial charge is 0.410 e. The largest absolute Gasteiger partial charge is 0.444 e. The molecular formula is C17H24ClN3O2S. The minimum absolute atomic E-state index is 0.0841. The van der Waals surface area contributed by atoms with Crippen molar-refractivity contribution in [3.05, 3.63) is 28.5 Å². The minimum Gasteiger partial charge on any atom is -0.444 e. The predicted molar refractivity (Wildman–Crippen MR) is 97.5 cm³/mol. The van der Waals surface area contributed by atoms with Gasteiger partial charge in [-0.3, -0.25) is 4.90 Å². The molecule has 0 aromatic carbocycles. The van der Waals surface area contributed by atoms with Crippen LogP contribution in [0.2, 0.25) is 5.15 Å². The van der Waals surface area contributed by atoms with Gasteiger partial charge in [0.1, 0.15) is 10.8 Å². The van der Waals surface area contributed by atoms with Gasteiger partial charge < -0.3 is 9.64 Å². The highest BCUT2D eigenvalue weighted by Crippen LogP contribution is 2.33. The van der Waals surface area contributed by atoms with E-state index in [1.807, 2.05) is 38.6 Å². The van der Waals surface area contributed by atoms with Crippen LogP contribution in [-0.4, -0.2) is 57.6 Å². The highest BCUT2D eigenvalue weighted by Gasteiger charge is 2.35. The molecule has 0 bridgehead atoms. The Morgan fingerprint density at radius 2 is 2.04 bits per heavy atom. The quantitative estimate of drug-likeness (QED) is 0.708. The van der Waals surface area contributed by atoms with E-state index in [2.05, 4.69) is 9.88 Å². The molecular weight excluding hydrogens is 346 g/mol. The van der Waals surface area contributed by atoms with Crippen LogP contribution < -0.4 is 0 Å². The lowest BCUT2D eigenvalue weighted by Crippen LogP contribution is -2.48. The van der Waals surface area contributed by atoms with E-state index < -0.39 is 5.60 Å². The van der Waals surface area contributed by atoms with Gasteiger partial charge in [0.15, 0.2) is 0 Å². The Morgan fingerprint density at radius 3 is 2.71 bits per heavy atom. The van der Waals surface area contributed by atoms with E-state index >= 15 is 0 Å². The van der Waals surface area contributed by atoms with Crippen molar-refractivity contribution in [1.82, 2.24) is 14.8 Å². The number of halogens is 1. The Kier molecular flexibility index (Phi) is 5.27. The van der Waals surface area contributed by atoms with Crippen molar-refractivity contribution in [3.8, 4) is 0 Å². The Balaban J connectivity index is 1.86. The van der Waals surface area contributed by atoms with Gasteiger partial charge in [0, 0.05) is 31.1 Å². The van der Waals surface area contributed by atoms with E-state index in [1.165, 1.54) is 0 Å². The maximum atomic E-state index is 12.6. The summed E-state index contributed by atoms with van der Waals surface area (Å²) in [6, 6.07) is 3.86. The van der Waals surface area contributed by atoms with E-state index in [-0.39, 0.29) is 12.1 Å². The summed E-state index contributed by atoms with van der Waals surface area (Å²) >= 11 is 8.10. The third-order valence-corrected chi connectivity index (χ3v) is 5.34. The number of aromatic nitrogens is 1. The van der Waals surface area contributed by atoms with Crippen LogP contribution in [0.5, 0.6) is 0 Å². The first-order chi connectivity index (χ1) is 11.3. The molecule has 3 heterocycles. The maximum Gasteiger partial charge on any atom is 0.410 e. The van der Waals surface area contributed by atoms with Crippen LogP contribution in [0.3, 0.4) is 0 Å². The SMILES string of the molecule is CC(C)(C)OC(=O)N1Cc2ccc(Cl)nc2C(N2CCSCC2)C1. The number of pyridine rings is 1. The molecule has 1 aromatic rings. The van der Waals surface area contributed by atoms with Gasteiger partial charge in [-0.05, 0) is 32.4 Å². The highest BCUT2D eigenvalue weighted by atomic mass is 35.5. The Morgan fingerprint density at radius 1 is 1.33 bits per heavy atom. The molecule has 7 heteroatoms. The van der Waals surface area contributed by atoms with Crippen molar-refractivity contribution >= 4 is 29.5 Å². The Labute approximate surface area is 152 Å². The first-order valence-electron chi connectivity index (χ1n) is 8.28. The van der Waals surface area contributed by atoms with E-state index in [9.17, 15) is 4.79 Å². The summed E-state index contributed by atoms with van der Waals surface area (Å²) in [6.07, 6.45) is -0.264. The lowest BCUT2D eigenvalue weighted by atomic mass is 10.00. The van der Waals surface area contributed by atoms with Crippen LogP contribution in [0.1, 0.15) is 38.1 Å². The number of ether oxygens (including phenoxy) is 1. The molecule has 0 saturated carbocycles. The minimum atomic E-state index is -0.493. The average Bonchev–Trinajstić information content (AvgIpc) is 2.53. The van der Waals surface area contributed by atoms with Crippen molar-refractivity contribution in [3.63, 3.8) is 0 Å². The molecule has 0 N–H and O–H groups in total. The van der Waals surface area contributed by atoms with Crippen LogP contribution >= 0.6 is 23.4 Å². The molecule has 0 spiro atoms. The molecule has 1 saturated heterocycles. The van der Waals surface area contributed by atoms with Gasteiger partial charge in [-0.2, -0.15) is 11.8 Å². The topological polar surface area (TPSA) is 45.7 Å². The van der Waals surface area contributed by atoms with Gasteiger partial charge in [-0.15, -0.1) is 0 Å². The predicted octanol–water partition coefficient (Wildman–Crippen LogP) is 3.58. The van der Waals surface area contributed by atoms with Crippen molar-refractivity contribution in [1.29, 1.82) is 0 Å². The van der Waals surface area contributed by atoms with Crippen molar-refractivity contribution in [2.75, 3.05) is 31.1 Å². The van der Waals surface area contributed by atoms with Crippen LogP contribution in [0.4, 0.5) is 4.79 Å². The number of fused-ring (bicyclic) bond motifs is 1. The summed E-state index contributed by atoms with van der Waals surface area (Å²) in [5.74, 6) is 2.22. The fourth-order valence-corrected chi connectivity index (χ4v) is 4.19. The van der Waals surface area contributed by atoms with Crippen molar-refractivity contribution < 1.29 is 9.53 Å². The molecule has 1 amide bonds. The van der Waals surface area contributed by atoms with E-state index in [0.717, 1.165) is 35.9 Å². The standard InChI is InChI=1S/C17H24ClN3O2S/c1-17(2,3)23-16(22)21-10-12-4-5-14(18)19-15(12)13(11-21)20-6-8-24-9-7-20/h4-5,13H,6-11H2,1-3H3. The van der Waals surface area contributed by atoms with Gasteiger partial charge in [0.05, 0.1) is 18.3 Å². The molecule has 24 heavy (non-hydrogen) atoms. The van der Waals surface area contributed by atoms with Gasteiger partial charge in [0.25, 0.3) is 0 Å². The zero-order valence-corrected chi connectivity index (χ0v) is 16.0. The molecule has 1 unspecified atom stereocenters. The van der Waals surface area contributed by atoms with Gasteiger partial charge >= 0.3 is 6.09 Å². The lowest BCUT2D eigenvalue weighted by Gasteiger charge is -2.41. The molecule has 1 atom stereocenters. The number of hydrogen-bond acceptors (Lipinski definition) is 5. The van der Waals surface area contributed by atoms with Crippen LogP contribution in [-0.2, 0) is 11.3 Å². The average molecular weight is 370 g/mol. The zero-order chi connectivity index (χ0) is 17.3. The van der Waals surface area contributed by atoms with Crippen LogP contribution in [0, 0.1) is 0 Å². The molecule has 2 aliphatic heterocycles.